The molecule has 2 aromatic rings. The summed E-state index contributed by atoms with van der Waals surface area (Å²) >= 11 is 0. The Morgan fingerprint density at radius 3 is 2.30 bits per heavy atom. The van der Waals surface area contributed by atoms with Gasteiger partial charge in [0.25, 0.3) is 0 Å². The van der Waals surface area contributed by atoms with Gasteiger partial charge in [-0.1, -0.05) is 32.0 Å². The molecule has 0 fully saturated rings. The molecule has 0 bridgehead atoms. The van der Waals surface area contributed by atoms with Gasteiger partial charge < -0.3 is 20.1 Å². The van der Waals surface area contributed by atoms with E-state index in [0.717, 1.165) is 11.3 Å². The number of para-hydroxylation sites is 1. The fourth-order valence-electron chi connectivity index (χ4n) is 2.31. The molecule has 5 heteroatoms. The highest BCUT2D eigenvalue weighted by Gasteiger charge is 2.10. The lowest BCUT2D eigenvalue weighted by Gasteiger charge is -2.15. The summed E-state index contributed by atoms with van der Waals surface area (Å²) in [5, 5.41) is 5.68. The van der Waals surface area contributed by atoms with Crippen LogP contribution in [0.15, 0.2) is 42.5 Å². The zero-order chi connectivity index (χ0) is 16.8. The molecule has 122 valence electrons. The molecule has 0 saturated carbocycles. The topological polar surface area (TPSA) is 59.6 Å². The largest absolute Gasteiger partial charge is 0.493 e. The molecule has 2 amide bonds. The standard InChI is InChI=1S/C18H22N2O3/c1-12(2)14-7-5-6-8-15(14)20-18(21)19-13-9-10-16(22-3)17(11-13)23-4/h5-12H,1-4H3,(H2,19,20,21). The molecule has 0 saturated heterocycles. The van der Waals surface area contributed by atoms with Gasteiger partial charge in [0.15, 0.2) is 11.5 Å². The molecule has 0 radical (unpaired) electrons. The Hall–Kier alpha value is -2.69. The molecule has 2 rings (SSSR count). The van der Waals surface area contributed by atoms with Crippen molar-refractivity contribution in [1.82, 2.24) is 0 Å². The van der Waals surface area contributed by atoms with Gasteiger partial charge in [0.05, 0.1) is 14.2 Å². The molecule has 0 unspecified atom stereocenters. The molecule has 0 aliphatic heterocycles. The highest BCUT2D eigenvalue weighted by Crippen LogP contribution is 2.30. The van der Waals surface area contributed by atoms with Crippen LogP contribution in [0.3, 0.4) is 0 Å². The van der Waals surface area contributed by atoms with Crippen molar-refractivity contribution < 1.29 is 14.3 Å². The number of methoxy groups -OCH3 is 2. The molecule has 0 spiro atoms. The van der Waals surface area contributed by atoms with Crippen LogP contribution in [0.1, 0.15) is 25.3 Å². The van der Waals surface area contributed by atoms with Crippen LogP contribution in [0.4, 0.5) is 16.2 Å². The molecule has 0 heterocycles. The Balaban J connectivity index is 2.11. The number of urea groups is 1. The van der Waals surface area contributed by atoms with Crippen molar-refractivity contribution in [1.29, 1.82) is 0 Å². The van der Waals surface area contributed by atoms with Crippen LogP contribution < -0.4 is 20.1 Å². The van der Waals surface area contributed by atoms with Crippen molar-refractivity contribution in [2.45, 2.75) is 19.8 Å². The molecular weight excluding hydrogens is 292 g/mol. The van der Waals surface area contributed by atoms with Crippen LogP contribution in [0.25, 0.3) is 0 Å². The number of benzene rings is 2. The molecule has 23 heavy (non-hydrogen) atoms. The number of hydrogen-bond donors (Lipinski definition) is 2. The van der Waals surface area contributed by atoms with Gasteiger partial charge in [-0.3, -0.25) is 0 Å². The van der Waals surface area contributed by atoms with E-state index in [2.05, 4.69) is 24.5 Å². The van der Waals surface area contributed by atoms with Gasteiger partial charge in [0, 0.05) is 17.4 Å². The van der Waals surface area contributed by atoms with E-state index in [0.29, 0.717) is 23.1 Å². The third kappa shape index (κ3) is 4.16. The van der Waals surface area contributed by atoms with E-state index in [1.807, 2.05) is 24.3 Å². The van der Waals surface area contributed by atoms with Gasteiger partial charge in [0.1, 0.15) is 0 Å². The summed E-state index contributed by atoms with van der Waals surface area (Å²) in [6.45, 7) is 4.18. The second-order valence-corrected chi connectivity index (χ2v) is 5.39. The van der Waals surface area contributed by atoms with Gasteiger partial charge >= 0.3 is 6.03 Å². The first-order chi connectivity index (χ1) is 11.0. The SMILES string of the molecule is COc1ccc(NC(=O)Nc2ccccc2C(C)C)cc1OC. The Labute approximate surface area is 136 Å². The van der Waals surface area contributed by atoms with E-state index >= 15 is 0 Å². The number of hydrogen-bond acceptors (Lipinski definition) is 3. The number of ether oxygens (including phenoxy) is 2. The van der Waals surface area contributed by atoms with E-state index < -0.39 is 0 Å². The van der Waals surface area contributed by atoms with Gasteiger partial charge in [0.2, 0.25) is 0 Å². The molecule has 0 aliphatic rings. The van der Waals surface area contributed by atoms with E-state index in [4.69, 9.17) is 9.47 Å². The van der Waals surface area contributed by atoms with E-state index in [1.54, 1.807) is 32.4 Å². The second kappa shape index (κ2) is 7.54. The van der Waals surface area contributed by atoms with Gasteiger partial charge in [-0.15, -0.1) is 0 Å². The van der Waals surface area contributed by atoms with Gasteiger partial charge in [-0.25, -0.2) is 4.79 Å². The Bertz CT molecular complexity index is 684. The number of anilines is 2. The number of carbonyl (C=O) groups is 1. The van der Waals surface area contributed by atoms with Crippen molar-refractivity contribution in [2.24, 2.45) is 0 Å². The minimum Gasteiger partial charge on any atom is -0.493 e. The summed E-state index contributed by atoms with van der Waals surface area (Å²) in [4.78, 5) is 12.2. The van der Waals surface area contributed by atoms with E-state index in [-0.39, 0.29) is 6.03 Å². The summed E-state index contributed by atoms with van der Waals surface area (Å²) in [6.07, 6.45) is 0. The minimum absolute atomic E-state index is 0.301. The van der Waals surface area contributed by atoms with Crippen LogP contribution >= 0.6 is 0 Å². The minimum atomic E-state index is -0.301. The number of nitrogens with one attached hydrogen (secondary N) is 2. The number of amides is 2. The monoisotopic (exact) mass is 314 g/mol. The molecular formula is C18H22N2O3. The normalized spacial score (nSPS) is 10.3. The zero-order valence-electron chi connectivity index (χ0n) is 13.8. The van der Waals surface area contributed by atoms with Crippen LogP contribution in [0.5, 0.6) is 11.5 Å². The van der Waals surface area contributed by atoms with Gasteiger partial charge in [-0.2, -0.15) is 0 Å². The molecule has 5 nitrogen and oxygen atoms in total. The molecule has 2 aromatic carbocycles. The van der Waals surface area contributed by atoms with Crippen LogP contribution in [-0.2, 0) is 0 Å². The number of rotatable bonds is 5. The first kappa shape index (κ1) is 16.7. The average molecular weight is 314 g/mol. The molecule has 0 aromatic heterocycles. The predicted molar refractivity (Wildman–Crippen MR) is 92.7 cm³/mol. The Morgan fingerprint density at radius 1 is 0.957 bits per heavy atom. The summed E-state index contributed by atoms with van der Waals surface area (Å²) in [7, 11) is 3.13. The fraction of sp³-hybridized carbons (Fsp3) is 0.278. The van der Waals surface area contributed by atoms with Crippen molar-refractivity contribution in [2.75, 3.05) is 24.9 Å². The molecule has 0 aliphatic carbocycles. The predicted octanol–water partition coefficient (Wildman–Crippen LogP) is 4.47. The van der Waals surface area contributed by atoms with E-state index in [9.17, 15) is 4.79 Å². The van der Waals surface area contributed by atoms with E-state index in [1.165, 1.54) is 0 Å². The highest BCUT2D eigenvalue weighted by atomic mass is 16.5. The number of carbonyl (C=O) groups excluding carboxylic acids is 1. The smallest absolute Gasteiger partial charge is 0.323 e. The lowest BCUT2D eigenvalue weighted by atomic mass is 10.0. The average Bonchev–Trinajstić information content (AvgIpc) is 2.54. The maximum absolute atomic E-state index is 12.2. The summed E-state index contributed by atoms with van der Waals surface area (Å²) in [5.41, 5.74) is 2.53. The Kier molecular flexibility index (Phi) is 5.46. The summed E-state index contributed by atoms with van der Waals surface area (Å²) in [5.74, 6) is 1.50. The maximum atomic E-state index is 12.2. The Morgan fingerprint density at radius 2 is 1.65 bits per heavy atom. The quantitative estimate of drug-likeness (QED) is 0.856. The van der Waals surface area contributed by atoms with Crippen LogP contribution in [-0.4, -0.2) is 20.3 Å². The van der Waals surface area contributed by atoms with Gasteiger partial charge in [-0.05, 0) is 29.7 Å². The van der Waals surface area contributed by atoms with Crippen molar-refractivity contribution >= 4 is 17.4 Å². The zero-order valence-corrected chi connectivity index (χ0v) is 13.8. The third-order valence-corrected chi connectivity index (χ3v) is 3.47. The first-order valence-corrected chi connectivity index (χ1v) is 7.44. The second-order valence-electron chi connectivity index (χ2n) is 5.39. The summed E-state index contributed by atoms with van der Waals surface area (Å²) < 4.78 is 10.4. The van der Waals surface area contributed by atoms with Crippen molar-refractivity contribution in [3.8, 4) is 11.5 Å². The summed E-state index contributed by atoms with van der Waals surface area (Å²) in [6, 6.07) is 12.7. The molecule has 0 atom stereocenters. The van der Waals surface area contributed by atoms with Crippen molar-refractivity contribution in [3.05, 3.63) is 48.0 Å². The van der Waals surface area contributed by atoms with Crippen LogP contribution in [0.2, 0.25) is 0 Å². The lowest BCUT2D eigenvalue weighted by molar-refractivity contribution is 0.262. The first-order valence-electron chi connectivity index (χ1n) is 7.44. The highest BCUT2D eigenvalue weighted by molar-refractivity contribution is 6.00. The van der Waals surface area contributed by atoms with Crippen LogP contribution in [0, 0.1) is 0 Å². The lowest BCUT2D eigenvalue weighted by Crippen LogP contribution is -2.20. The fourth-order valence-corrected chi connectivity index (χ4v) is 2.31. The molecule has 2 N–H and O–H groups in total. The van der Waals surface area contributed by atoms with Crippen molar-refractivity contribution in [3.63, 3.8) is 0 Å². The maximum Gasteiger partial charge on any atom is 0.323 e. The third-order valence-electron chi connectivity index (χ3n) is 3.47.